The molecular formula is C17H22F2N2O6. The zero-order chi connectivity index (χ0) is 20.2. The Hall–Kier alpha value is -2.65. The van der Waals surface area contributed by atoms with Crippen LogP contribution in [-0.4, -0.2) is 47.3 Å². The maximum atomic E-state index is 12.6. The third-order valence-electron chi connectivity index (χ3n) is 3.74. The number of hydrogen-bond donors (Lipinski definition) is 0. The molecule has 1 aliphatic heterocycles. The number of benzene rings is 1. The molecule has 2 rings (SSSR count). The second-order valence-electron chi connectivity index (χ2n) is 7.05. The SMILES string of the molecule is CC(C)(C)OC(=O)N1CCC(Oc2ccc([N+](=O)[O-])cc2OC(F)F)CC1. The molecule has 0 atom stereocenters. The third-order valence-corrected chi connectivity index (χ3v) is 3.74. The van der Waals surface area contributed by atoms with Gasteiger partial charge in [-0.1, -0.05) is 0 Å². The molecule has 0 radical (unpaired) electrons. The highest BCUT2D eigenvalue weighted by Crippen LogP contribution is 2.34. The van der Waals surface area contributed by atoms with E-state index >= 15 is 0 Å². The average molecular weight is 388 g/mol. The van der Waals surface area contributed by atoms with Gasteiger partial charge in [-0.15, -0.1) is 0 Å². The molecule has 0 unspecified atom stereocenters. The number of likely N-dealkylation sites (tertiary alicyclic amines) is 1. The van der Waals surface area contributed by atoms with Crippen LogP contribution in [0.25, 0.3) is 0 Å². The number of halogens is 2. The van der Waals surface area contributed by atoms with Gasteiger partial charge >= 0.3 is 12.7 Å². The van der Waals surface area contributed by atoms with Crippen LogP contribution in [0.4, 0.5) is 19.3 Å². The Morgan fingerprint density at radius 2 is 1.89 bits per heavy atom. The van der Waals surface area contributed by atoms with Crippen molar-refractivity contribution in [2.45, 2.75) is 51.9 Å². The van der Waals surface area contributed by atoms with Crippen molar-refractivity contribution >= 4 is 11.8 Å². The molecule has 0 saturated carbocycles. The van der Waals surface area contributed by atoms with E-state index in [2.05, 4.69) is 4.74 Å². The van der Waals surface area contributed by atoms with E-state index in [0.717, 1.165) is 12.1 Å². The first-order valence-corrected chi connectivity index (χ1v) is 8.43. The monoisotopic (exact) mass is 388 g/mol. The number of carbonyl (C=O) groups excluding carboxylic acids is 1. The van der Waals surface area contributed by atoms with Crippen molar-refractivity contribution in [3.05, 3.63) is 28.3 Å². The molecule has 1 aromatic carbocycles. The van der Waals surface area contributed by atoms with Crippen molar-refractivity contribution in [1.29, 1.82) is 0 Å². The Balaban J connectivity index is 2.00. The molecule has 0 bridgehead atoms. The van der Waals surface area contributed by atoms with E-state index in [0.29, 0.717) is 25.9 Å². The summed E-state index contributed by atoms with van der Waals surface area (Å²) >= 11 is 0. The van der Waals surface area contributed by atoms with Gasteiger partial charge in [0.25, 0.3) is 5.69 Å². The van der Waals surface area contributed by atoms with Gasteiger partial charge in [0, 0.05) is 32.0 Å². The summed E-state index contributed by atoms with van der Waals surface area (Å²) in [6.07, 6.45) is 0.164. The summed E-state index contributed by atoms with van der Waals surface area (Å²) < 4.78 is 40.5. The molecule has 27 heavy (non-hydrogen) atoms. The largest absolute Gasteiger partial charge is 0.486 e. The van der Waals surface area contributed by atoms with Crippen molar-refractivity contribution in [3.63, 3.8) is 0 Å². The lowest BCUT2D eigenvalue weighted by molar-refractivity contribution is -0.385. The minimum Gasteiger partial charge on any atom is -0.486 e. The van der Waals surface area contributed by atoms with Crippen LogP contribution in [-0.2, 0) is 4.74 Å². The summed E-state index contributed by atoms with van der Waals surface area (Å²) in [4.78, 5) is 23.7. The Kier molecular flexibility index (Phi) is 6.40. The van der Waals surface area contributed by atoms with E-state index in [1.165, 1.54) is 6.07 Å². The van der Waals surface area contributed by atoms with Gasteiger partial charge in [-0.2, -0.15) is 8.78 Å². The van der Waals surface area contributed by atoms with E-state index in [-0.39, 0.29) is 17.5 Å². The number of amides is 1. The average Bonchev–Trinajstić information content (AvgIpc) is 2.54. The second-order valence-corrected chi connectivity index (χ2v) is 7.05. The van der Waals surface area contributed by atoms with Crippen molar-refractivity contribution < 1.29 is 32.7 Å². The number of ether oxygens (including phenoxy) is 3. The van der Waals surface area contributed by atoms with Crippen LogP contribution < -0.4 is 9.47 Å². The van der Waals surface area contributed by atoms with Gasteiger partial charge in [0.2, 0.25) is 0 Å². The lowest BCUT2D eigenvalue weighted by Gasteiger charge is -2.33. The zero-order valence-electron chi connectivity index (χ0n) is 15.3. The molecular weight excluding hydrogens is 366 g/mol. The van der Waals surface area contributed by atoms with E-state index in [1.54, 1.807) is 25.7 Å². The number of nitro benzene ring substituents is 1. The molecule has 1 aliphatic rings. The van der Waals surface area contributed by atoms with Crippen LogP contribution in [0.5, 0.6) is 11.5 Å². The van der Waals surface area contributed by atoms with Gasteiger partial charge in [-0.3, -0.25) is 10.1 Å². The van der Waals surface area contributed by atoms with Crippen LogP contribution in [0.1, 0.15) is 33.6 Å². The van der Waals surface area contributed by atoms with Gasteiger partial charge in [-0.25, -0.2) is 4.79 Å². The smallest absolute Gasteiger partial charge is 0.410 e. The fraction of sp³-hybridized carbons (Fsp3) is 0.588. The Morgan fingerprint density at radius 3 is 2.41 bits per heavy atom. The Morgan fingerprint density at radius 1 is 1.26 bits per heavy atom. The fourth-order valence-corrected chi connectivity index (χ4v) is 2.56. The van der Waals surface area contributed by atoms with Crippen LogP contribution in [0, 0.1) is 10.1 Å². The molecule has 1 saturated heterocycles. The summed E-state index contributed by atoms with van der Waals surface area (Å²) in [5.74, 6) is -0.398. The lowest BCUT2D eigenvalue weighted by atomic mass is 10.1. The molecule has 1 heterocycles. The maximum absolute atomic E-state index is 12.6. The normalized spacial score (nSPS) is 15.6. The lowest BCUT2D eigenvalue weighted by Crippen LogP contribution is -2.44. The predicted octanol–water partition coefficient (Wildman–Crippen LogP) is 3.97. The number of nitro groups is 1. The molecule has 150 valence electrons. The molecule has 1 fully saturated rings. The predicted molar refractivity (Wildman–Crippen MR) is 91.2 cm³/mol. The number of alkyl halides is 2. The van der Waals surface area contributed by atoms with Crippen LogP contribution >= 0.6 is 0 Å². The number of rotatable bonds is 5. The number of nitrogens with zero attached hydrogens (tertiary/aromatic N) is 2. The van der Waals surface area contributed by atoms with Gasteiger partial charge in [0.05, 0.1) is 11.0 Å². The number of non-ortho nitro benzene ring substituents is 1. The molecule has 1 aromatic rings. The summed E-state index contributed by atoms with van der Waals surface area (Å²) in [5, 5.41) is 10.8. The molecule has 10 heteroatoms. The molecule has 0 aliphatic carbocycles. The number of carbonyl (C=O) groups is 1. The topological polar surface area (TPSA) is 91.1 Å². The first kappa shape index (κ1) is 20.7. The summed E-state index contributed by atoms with van der Waals surface area (Å²) in [5.41, 5.74) is -0.970. The summed E-state index contributed by atoms with van der Waals surface area (Å²) in [7, 11) is 0. The van der Waals surface area contributed by atoms with Crippen molar-refractivity contribution in [3.8, 4) is 11.5 Å². The Bertz CT molecular complexity index is 684. The first-order valence-electron chi connectivity index (χ1n) is 8.43. The molecule has 8 nitrogen and oxygen atoms in total. The molecule has 0 aromatic heterocycles. The zero-order valence-corrected chi connectivity index (χ0v) is 15.3. The highest BCUT2D eigenvalue weighted by atomic mass is 19.3. The van der Waals surface area contributed by atoms with Gasteiger partial charge in [-0.05, 0) is 26.8 Å². The van der Waals surface area contributed by atoms with E-state index in [9.17, 15) is 23.7 Å². The number of piperidine rings is 1. The van der Waals surface area contributed by atoms with Gasteiger partial charge in [0.1, 0.15) is 11.7 Å². The maximum Gasteiger partial charge on any atom is 0.410 e. The van der Waals surface area contributed by atoms with E-state index < -0.39 is 29.0 Å². The van der Waals surface area contributed by atoms with Crippen LogP contribution in [0.2, 0.25) is 0 Å². The van der Waals surface area contributed by atoms with Crippen LogP contribution in [0.15, 0.2) is 18.2 Å². The minimum absolute atomic E-state index is 0.00313. The van der Waals surface area contributed by atoms with Crippen molar-refractivity contribution in [1.82, 2.24) is 4.90 Å². The second kappa shape index (κ2) is 8.36. The fourth-order valence-electron chi connectivity index (χ4n) is 2.56. The van der Waals surface area contributed by atoms with Gasteiger partial charge in [0.15, 0.2) is 11.5 Å². The van der Waals surface area contributed by atoms with Crippen molar-refractivity contribution in [2.24, 2.45) is 0 Å². The molecule has 0 spiro atoms. The molecule has 0 N–H and O–H groups in total. The van der Waals surface area contributed by atoms with Crippen molar-refractivity contribution in [2.75, 3.05) is 13.1 Å². The number of hydrogen-bond acceptors (Lipinski definition) is 6. The standard InChI is InChI=1S/C17H22F2N2O6/c1-17(2,3)27-16(22)20-8-6-12(7-9-20)25-13-5-4-11(21(23)24)10-14(13)26-15(18)19/h4-5,10,12,15H,6-9H2,1-3H3. The van der Waals surface area contributed by atoms with E-state index in [4.69, 9.17) is 9.47 Å². The summed E-state index contributed by atoms with van der Waals surface area (Å²) in [6.45, 7) is 2.97. The highest BCUT2D eigenvalue weighted by molar-refractivity contribution is 5.68. The Labute approximate surface area is 155 Å². The quantitative estimate of drug-likeness (QED) is 0.560. The van der Waals surface area contributed by atoms with Gasteiger partial charge < -0.3 is 19.1 Å². The third kappa shape index (κ3) is 6.22. The molecule has 1 amide bonds. The first-order chi connectivity index (χ1) is 12.5. The summed E-state index contributed by atoms with van der Waals surface area (Å²) in [6, 6.07) is 3.29. The van der Waals surface area contributed by atoms with Crippen LogP contribution in [0.3, 0.4) is 0 Å². The van der Waals surface area contributed by atoms with E-state index in [1.807, 2.05) is 0 Å². The highest BCUT2D eigenvalue weighted by Gasteiger charge is 2.28. The minimum atomic E-state index is -3.14.